The summed E-state index contributed by atoms with van der Waals surface area (Å²) in [7, 11) is 0. The first kappa shape index (κ1) is 15.5. The standard InChI is InChI=1S/C13H16O8/c14-6-3-1-2-5(8(6)16)4-7(15)12-10(18)9(17)11(19)13(20)21-12/h1-4,9-20H/t9-,10-,11+,12+,13?/m0/s1. The summed E-state index contributed by atoms with van der Waals surface area (Å²) in [4.78, 5) is 0. The number of aliphatic hydroxyl groups is 5. The van der Waals surface area contributed by atoms with Gasteiger partial charge in [0.2, 0.25) is 0 Å². The van der Waals surface area contributed by atoms with Crippen LogP contribution in [0.25, 0.3) is 6.08 Å². The molecule has 0 spiro atoms. The molecular formula is C13H16O8. The summed E-state index contributed by atoms with van der Waals surface area (Å²) in [6.07, 6.45) is -7.40. The van der Waals surface area contributed by atoms with Crippen LogP contribution in [0.15, 0.2) is 24.0 Å². The van der Waals surface area contributed by atoms with Crippen LogP contribution in [0.4, 0.5) is 0 Å². The van der Waals surface area contributed by atoms with Crippen molar-refractivity contribution >= 4 is 6.08 Å². The fourth-order valence-corrected chi connectivity index (χ4v) is 2.01. The lowest BCUT2D eigenvalue weighted by Gasteiger charge is -2.37. The van der Waals surface area contributed by atoms with E-state index in [2.05, 4.69) is 0 Å². The van der Waals surface area contributed by atoms with Gasteiger partial charge < -0.3 is 40.5 Å². The molecule has 8 heteroatoms. The highest BCUT2D eigenvalue weighted by molar-refractivity contribution is 5.62. The number of ether oxygens (including phenoxy) is 1. The lowest BCUT2D eigenvalue weighted by Crippen LogP contribution is -2.57. The average molecular weight is 300 g/mol. The van der Waals surface area contributed by atoms with Gasteiger partial charge in [0.15, 0.2) is 17.8 Å². The van der Waals surface area contributed by atoms with Gasteiger partial charge in [-0.3, -0.25) is 0 Å². The molecule has 7 N–H and O–H groups in total. The highest BCUT2D eigenvalue weighted by Gasteiger charge is 2.44. The molecule has 0 bridgehead atoms. The van der Waals surface area contributed by atoms with Crippen molar-refractivity contribution < 1.29 is 40.5 Å². The Morgan fingerprint density at radius 2 is 1.67 bits per heavy atom. The van der Waals surface area contributed by atoms with Crippen molar-refractivity contribution in [3.05, 3.63) is 29.5 Å². The zero-order valence-electron chi connectivity index (χ0n) is 10.7. The molecule has 1 aliphatic heterocycles. The molecule has 0 aliphatic carbocycles. The molecule has 1 aromatic rings. The minimum Gasteiger partial charge on any atom is -0.509 e. The maximum Gasteiger partial charge on any atom is 0.184 e. The van der Waals surface area contributed by atoms with Gasteiger partial charge in [0.25, 0.3) is 0 Å². The van der Waals surface area contributed by atoms with Gasteiger partial charge in [0.1, 0.15) is 30.2 Å². The van der Waals surface area contributed by atoms with E-state index in [1.54, 1.807) is 0 Å². The minimum atomic E-state index is -1.79. The van der Waals surface area contributed by atoms with Gasteiger partial charge in [-0.15, -0.1) is 0 Å². The van der Waals surface area contributed by atoms with E-state index in [0.717, 1.165) is 6.08 Å². The van der Waals surface area contributed by atoms with E-state index >= 15 is 0 Å². The molecular weight excluding hydrogens is 284 g/mol. The van der Waals surface area contributed by atoms with Crippen LogP contribution in [0.1, 0.15) is 5.56 Å². The molecule has 1 aliphatic rings. The number of benzene rings is 1. The molecule has 116 valence electrons. The SMILES string of the molecule is OC(=Cc1cccc(O)c1O)[C@H]1OC(O)[C@H](O)[C@@H](O)[C@@H]1O. The lowest BCUT2D eigenvalue weighted by molar-refractivity contribution is -0.277. The zero-order valence-corrected chi connectivity index (χ0v) is 10.7. The van der Waals surface area contributed by atoms with Gasteiger partial charge >= 0.3 is 0 Å². The Hall–Kier alpha value is -1.84. The molecule has 0 amide bonds. The molecule has 0 aromatic heterocycles. The van der Waals surface area contributed by atoms with Crippen molar-refractivity contribution in [2.75, 3.05) is 0 Å². The van der Waals surface area contributed by atoms with Gasteiger partial charge in [-0.2, -0.15) is 0 Å². The summed E-state index contributed by atoms with van der Waals surface area (Å²) >= 11 is 0. The Bertz CT molecular complexity index is 543. The highest BCUT2D eigenvalue weighted by Crippen LogP contribution is 2.31. The molecule has 0 saturated carbocycles. The Morgan fingerprint density at radius 1 is 1.00 bits per heavy atom. The number of aliphatic hydroxyl groups excluding tert-OH is 5. The fourth-order valence-electron chi connectivity index (χ4n) is 2.01. The molecule has 2 rings (SSSR count). The molecule has 8 nitrogen and oxygen atoms in total. The number of hydrogen-bond donors (Lipinski definition) is 7. The first-order valence-electron chi connectivity index (χ1n) is 6.12. The van der Waals surface area contributed by atoms with Crippen molar-refractivity contribution in [2.24, 2.45) is 0 Å². The molecule has 5 atom stereocenters. The highest BCUT2D eigenvalue weighted by atomic mass is 16.6. The lowest BCUT2D eigenvalue weighted by atomic mass is 9.97. The van der Waals surface area contributed by atoms with Crippen LogP contribution >= 0.6 is 0 Å². The summed E-state index contributed by atoms with van der Waals surface area (Å²) in [6.45, 7) is 0. The third kappa shape index (κ3) is 2.94. The summed E-state index contributed by atoms with van der Waals surface area (Å²) < 4.78 is 4.82. The number of aromatic hydroxyl groups is 2. The number of phenolic OH excluding ortho intramolecular Hbond substituents is 2. The number of para-hydroxylation sites is 1. The van der Waals surface area contributed by atoms with Crippen LogP contribution in [0.2, 0.25) is 0 Å². The minimum absolute atomic E-state index is 0.0402. The van der Waals surface area contributed by atoms with Gasteiger partial charge in [-0.1, -0.05) is 12.1 Å². The molecule has 1 fully saturated rings. The molecule has 1 unspecified atom stereocenters. The van der Waals surface area contributed by atoms with E-state index in [1.165, 1.54) is 18.2 Å². The summed E-state index contributed by atoms with van der Waals surface area (Å²) in [6, 6.07) is 4.03. The quantitative estimate of drug-likeness (QED) is 0.266. The zero-order chi connectivity index (χ0) is 15.7. The third-order valence-corrected chi connectivity index (χ3v) is 3.23. The average Bonchev–Trinajstić information content (AvgIpc) is 2.45. The normalized spacial score (nSPS) is 33.9. The topological polar surface area (TPSA) is 151 Å². The molecule has 0 radical (unpaired) electrons. The van der Waals surface area contributed by atoms with Crippen LogP contribution in [-0.4, -0.2) is 66.5 Å². The summed E-state index contributed by atoms with van der Waals surface area (Å²) in [5.41, 5.74) is 0.0402. The van der Waals surface area contributed by atoms with E-state index in [-0.39, 0.29) is 5.56 Å². The van der Waals surface area contributed by atoms with Crippen LogP contribution < -0.4 is 0 Å². The number of phenols is 2. The van der Waals surface area contributed by atoms with E-state index in [4.69, 9.17) is 4.74 Å². The first-order valence-corrected chi connectivity index (χ1v) is 6.12. The van der Waals surface area contributed by atoms with E-state index < -0.39 is 48.0 Å². The number of rotatable bonds is 2. The van der Waals surface area contributed by atoms with Crippen molar-refractivity contribution in [3.8, 4) is 11.5 Å². The first-order chi connectivity index (χ1) is 9.82. The molecule has 21 heavy (non-hydrogen) atoms. The molecule has 1 saturated heterocycles. The Kier molecular flexibility index (Phi) is 4.35. The van der Waals surface area contributed by atoms with Gasteiger partial charge in [0, 0.05) is 5.56 Å². The largest absolute Gasteiger partial charge is 0.509 e. The van der Waals surface area contributed by atoms with Crippen molar-refractivity contribution in [2.45, 2.75) is 30.7 Å². The van der Waals surface area contributed by atoms with Gasteiger partial charge in [-0.05, 0) is 12.1 Å². The van der Waals surface area contributed by atoms with Gasteiger partial charge in [-0.25, -0.2) is 0 Å². The van der Waals surface area contributed by atoms with Crippen LogP contribution in [-0.2, 0) is 4.74 Å². The second-order valence-corrected chi connectivity index (χ2v) is 4.70. The smallest absolute Gasteiger partial charge is 0.184 e. The van der Waals surface area contributed by atoms with E-state index in [9.17, 15) is 35.7 Å². The van der Waals surface area contributed by atoms with Crippen molar-refractivity contribution in [1.29, 1.82) is 0 Å². The van der Waals surface area contributed by atoms with Gasteiger partial charge in [0.05, 0.1) is 0 Å². The molecule has 1 aromatic carbocycles. The second kappa shape index (κ2) is 5.88. The second-order valence-electron chi connectivity index (χ2n) is 4.70. The van der Waals surface area contributed by atoms with Crippen LogP contribution in [0.5, 0.6) is 11.5 Å². The Labute approximate surface area is 119 Å². The molecule has 1 heterocycles. The third-order valence-electron chi connectivity index (χ3n) is 3.23. The monoisotopic (exact) mass is 300 g/mol. The van der Waals surface area contributed by atoms with Crippen molar-refractivity contribution in [3.63, 3.8) is 0 Å². The maximum absolute atomic E-state index is 9.91. The summed E-state index contributed by atoms with van der Waals surface area (Å²) in [5.74, 6) is -1.50. The van der Waals surface area contributed by atoms with Crippen molar-refractivity contribution in [1.82, 2.24) is 0 Å². The Balaban J connectivity index is 2.28. The van der Waals surface area contributed by atoms with E-state index in [0.29, 0.717) is 0 Å². The number of hydrogen-bond acceptors (Lipinski definition) is 8. The van der Waals surface area contributed by atoms with Crippen LogP contribution in [0, 0.1) is 0 Å². The Morgan fingerprint density at radius 3 is 2.33 bits per heavy atom. The van der Waals surface area contributed by atoms with E-state index in [1.807, 2.05) is 0 Å². The predicted molar refractivity (Wildman–Crippen MR) is 69.3 cm³/mol. The summed E-state index contributed by atoms with van der Waals surface area (Å²) in [5, 5.41) is 66.8. The fraction of sp³-hybridized carbons (Fsp3) is 0.385. The maximum atomic E-state index is 9.91. The predicted octanol–water partition coefficient (Wildman–Crippen LogP) is -1.20. The van der Waals surface area contributed by atoms with Crippen LogP contribution in [0.3, 0.4) is 0 Å².